The lowest BCUT2D eigenvalue weighted by atomic mass is 9.87. The number of rotatable bonds is 3. The van der Waals surface area contributed by atoms with Crippen molar-refractivity contribution in [1.82, 2.24) is 5.32 Å². The molecule has 1 aromatic rings. The van der Waals surface area contributed by atoms with E-state index in [1.807, 2.05) is 45.9 Å². The Bertz CT molecular complexity index is 438. The quantitative estimate of drug-likeness (QED) is 0.901. The minimum absolute atomic E-state index is 0.107. The Morgan fingerprint density at radius 3 is 2.56 bits per heavy atom. The summed E-state index contributed by atoms with van der Waals surface area (Å²) in [5.41, 5.74) is 7.93. The molecule has 0 saturated carbocycles. The smallest absolute Gasteiger partial charge is 0.237 e. The molecule has 0 bridgehead atoms. The maximum Gasteiger partial charge on any atom is 0.237 e. The summed E-state index contributed by atoms with van der Waals surface area (Å²) in [5.74, 6) is -0.107. The largest absolute Gasteiger partial charge is 0.351 e. The first-order valence-corrected chi connectivity index (χ1v) is 6.79. The SMILES string of the molecule is Cc1cc(Br)ccc1CNC(=O)[C@@H](N)C(C)(C)C. The van der Waals surface area contributed by atoms with Gasteiger partial charge in [-0.2, -0.15) is 0 Å². The zero-order valence-corrected chi connectivity index (χ0v) is 13.0. The predicted octanol–water partition coefficient (Wildman–Crippen LogP) is 2.75. The summed E-state index contributed by atoms with van der Waals surface area (Å²) in [6.45, 7) is 8.42. The Morgan fingerprint density at radius 1 is 1.44 bits per heavy atom. The molecule has 0 aliphatic carbocycles. The molecule has 0 spiro atoms. The molecule has 1 rings (SSSR count). The normalized spacial score (nSPS) is 13.2. The number of hydrogen-bond donors (Lipinski definition) is 2. The number of aryl methyl sites for hydroxylation is 1. The van der Waals surface area contributed by atoms with Gasteiger partial charge in [0.15, 0.2) is 0 Å². The summed E-state index contributed by atoms with van der Waals surface area (Å²) in [5, 5.41) is 2.89. The fourth-order valence-corrected chi connectivity index (χ4v) is 2.02. The van der Waals surface area contributed by atoms with Gasteiger partial charge in [0.1, 0.15) is 0 Å². The topological polar surface area (TPSA) is 55.1 Å². The number of carbonyl (C=O) groups excluding carboxylic acids is 1. The molecule has 0 radical (unpaired) electrons. The molecule has 0 heterocycles. The summed E-state index contributed by atoms with van der Waals surface area (Å²) in [6, 6.07) is 5.51. The van der Waals surface area contributed by atoms with E-state index in [0.29, 0.717) is 6.54 Å². The lowest BCUT2D eigenvalue weighted by molar-refractivity contribution is -0.124. The molecule has 1 atom stereocenters. The number of hydrogen-bond acceptors (Lipinski definition) is 2. The summed E-state index contributed by atoms with van der Waals surface area (Å²) in [4.78, 5) is 11.9. The van der Waals surface area contributed by atoms with Crippen molar-refractivity contribution in [2.75, 3.05) is 0 Å². The van der Waals surface area contributed by atoms with E-state index in [1.165, 1.54) is 0 Å². The molecule has 18 heavy (non-hydrogen) atoms. The van der Waals surface area contributed by atoms with Crippen LogP contribution in [0.5, 0.6) is 0 Å². The van der Waals surface area contributed by atoms with Crippen LogP contribution >= 0.6 is 15.9 Å². The number of halogens is 1. The van der Waals surface area contributed by atoms with Gasteiger partial charge >= 0.3 is 0 Å². The van der Waals surface area contributed by atoms with Gasteiger partial charge in [-0.1, -0.05) is 42.8 Å². The van der Waals surface area contributed by atoms with Crippen LogP contribution in [0.2, 0.25) is 0 Å². The van der Waals surface area contributed by atoms with Crippen LogP contribution in [-0.2, 0) is 11.3 Å². The van der Waals surface area contributed by atoms with Gasteiger partial charge in [0.05, 0.1) is 6.04 Å². The number of nitrogens with two attached hydrogens (primary N) is 1. The third-order valence-corrected chi connectivity index (χ3v) is 3.47. The second kappa shape index (κ2) is 5.85. The Morgan fingerprint density at radius 2 is 2.06 bits per heavy atom. The lowest BCUT2D eigenvalue weighted by Crippen LogP contribution is -2.48. The predicted molar refractivity (Wildman–Crippen MR) is 78.2 cm³/mol. The molecule has 4 heteroatoms. The summed E-state index contributed by atoms with van der Waals surface area (Å²) < 4.78 is 1.04. The van der Waals surface area contributed by atoms with Crippen molar-refractivity contribution in [3.05, 3.63) is 33.8 Å². The first-order valence-electron chi connectivity index (χ1n) is 6.00. The van der Waals surface area contributed by atoms with E-state index < -0.39 is 6.04 Å². The zero-order valence-electron chi connectivity index (χ0n) is 11.4. The molecule has 0 fully saturated rings. The Kier molecular flexibility index (Phi) is 4.93. The molecule has 0 aliphatic rings. The Labute approximate surface area is 117 Å². The maximum atomic E-state index is 11.9. The van der Waals surface area contributed by atoms with E-state index in [2.05, 4.69) is 21.2 Å². The fraction of sp³-hybridized carbons (Fsp3) is 0.500. The van der Waals surface area contributed by atoms with E-state index in [1.54, 1.807) is 0 Å². The second-order valence-electron chi connectivity index (χ2n) is 5.63. The highest BCUT2D eigenvalue weighted by atomic mass is 79.9. The number of nitrogens with one attached hydrogen (secondary N) is 1. The molecule has 1 amide bonds. The van der Waals surface area contributed by atoms with Gasteiger partial charge in [-0.05, 0) is 35.6 Å². The van der Waals surface area contributed by atoms with E-state index in [0.717, 1.165) is 15.6 Å². The average molecular weight is 313 g/mol. The first-order chi connectivity index (χ1) is 8.21. The Balaban J connectivity index is 2.63. The molecule has 0 aromatic heterocycles. The maximum absolute atomic E-state index is 11.9. The molecule has 3 nitrogen and oxygen atoms in total. The van der Waals surface area contributed by atoms with E-state index in [4.69, 9.17) is 5.73 Å². The summed E-state index contributed by atoms with van der Waals surface area (Å²) in [6.07, 6.45) is 0. The van der Waals surface area contributed by atoms with Crippen molar-refractivity contribution in [2.24, 2.45) is 11.1 Å². The van der Waals surface area contributed by atoms with Crippen LogP contribution < -0.4 is 11.1 Å². The number of amides is 1. The van der Waals surface area contributed by atoms with Crippen molar-refractivity contribution in [3.63, 3.8) is 0 Å². The van der Waals surface area contributed by atoms with Crippen LogP contribution in [0, 0.1) is 12.3 Å². The van der Waals surface area contributed by atoms with E-state index in [-0.39, 0.29) is 11.3 Å². The molecule has 100 valence electrons. The van der Waals surface area contributed by atoms with Crippen molar-refractivity contribution >= 4 is 21.8 Å². The van der Waals surface area contributed by atoms with Gasteiger partial charge in [-0.25, -0.2) is 0 Å². The standard InChI is InChI=1S/C14H21BrN2O/c1-9-7-11(15)6-5-10(9)8-17-13(18)12(16)14(2,3)4/h5-7,12H,8,16H2,1-4H3,(H,17,18)/t12-/m1/s1. The van der Waals surface area contributed by atoms with Crippen molar-refractivity contribution in [1.29, 1.82) is 0 Å². The van der Waals surface area contributed by atoms with Gasteiger partial charge in [0, 0.05) is 11.0 Å². The highest BCUT2D eigenvalue weighted by Gasteiger charge is 2.27. The second-order valence-corrected chi connectivity index (χ2v) is 6.55. The fourth-order valence-electron chi connectivity index (χ4n) is 1.54. The van der Waals surface area contributed by atoms with Crippen molar-refractivity contribution < 1.29 is 4.79 Å². The van der Waals surface area contributed by atoms with Gasteiger partial charge in [-0.3, -0.25) is 4.79 Å². The van der Waals surface area contributed by atoms with Crippen molar-refractivity contribution in [3.8, 4) is 0 Å². The van der Waals surface area contributed by atoms with Crippen LogP contribution in [0.25, 0.3) is 0 Å². The van der Waals surface area contributed by atoms with Gasteiger partial charge in [-0.15, -0.1) is 0 Å². The first kappa shape index (κ1) is 15.2. The monoisotopic (exact) mass is 312 g/mol. The van der Waals surface area contributed by atoms with Crippen molar-refractivity contribution in [2.45, 2.75) is 40.3 Å². The number of carbonyl (C=O) groups is 1. The lowest BCUT2D eigenvalue weighted by Gasteiger charge is -2.26. The minimum atomic E-state index is -0.492. The third kappa shape index (κ3) is 4.10. The highest BCUT2D eigenvalue weighted by molar-refractivity contribution is 9.10. The molecule has 0 saturated heterocycles. The van der Waals surface area contributed by atoms with Crippen LogP contribution in [0.1, 0.15) is 31.9 Å². The third-order valence-electron chi connectivity index (χ3n) is 2.97. The molecule has 0 aliphatic heterocycles. The molecule has 3 N–H and O–H groups in total. The minimum Gasteiger partial charge on any atom is -0.351 e. The summed E-state index contributed by atoms with van der Waals surface area (Å²) in [7, 11) is 0. The van der Waals surface area contributed by atoms with Crippen LogP contribution in [-0.4, -0.2) is 11.9 Å². The summed E-state index contributed by atoms with van der Waals surface area (Å²) >= 11 is 3.42. The van der Waals surface area contributed by atoms with Crippen LogP contribution in [0.3, 0.4) is 0 Å². The highest BCUT2D eigenvalue weighted by Crippen LogP contribution is 2.18. The van der Waals surface area contributed by atoms with Crippen LogP contribution in [0.15, 0.2) is 22.7 Å². The Hall–Kier alpha value is -0.870. The van der Waals surface area contributed by atoms with E-state index in [9.17, 15) is 4.79 Å². The molecule has 0 unspecified atom stereocenters. The molecule has 1 aromatic carbocycles. The van der Waals surface area contributed by atoms with Gasteiger partial charge in [0.25, 0.3) is 0 Å². The zero-order chi connectivity index (χ0) is 13.9. The van der Waals surface area contributed by atoms with Crippen LogP contribution in [0.4, 0.5) is 0 Å². The average Bonchev–Trinajstić information content (AvgIpc) is 2.25. The van der Waals surface area contributed by atoms with E-state index >= 15 is 0 Å². The molecular weight excluding hydrogens is 292 g/mol. The van der Waals surface area contributed by atoms with Gasteiger partial charge in [0.2, 0.25) is 5.91 Å². The van der Waals surface area contributed by atoms with Gasteiger partial charge < -0.3 is 11.1 Å². The number of benzene rings is 1. The molecular formula is C14H21BrN2O.